The molecule has 2 aromatic rings. The first-order valence-corrected chi connectivity index (χ1v) is 8.10. The van der Waals surface area contributed by atoms with Crippen LogP contribution in [0.3, 0.4) is 0 Å². The Hall–Kier alpha value is -2.06. The molecule has 0 unspecified atom stereocenters. The van der Waals surface area contributed by atoms with E-state index in [1.54, 1.807) is 18.0 Å². The van der Waals surface area contributed by atoms with Crippen molar-refractivity contribution in [2.24, 2.45) is 0 Å². The van der Waals surface area contributed by atoms with Crippen molar-refractivity contribution in [1.29, 1.82) is 0 Å². The largest absolute Gasteiger partial charge is 0.573 e. The number of anilines is 1. The molecule has 8 heteroatoms. The highest BCUT2D eigenvalue weighted by atomic mass is 79.9. The molecule has 0 bridgehead atoms. The van der Waals surface area contributed by atoms with Crippen LogP contribution in [0.25, 0.3) is 0 Å². The second-order valence-corrected chi connectivity index (χ2v) is 6.25. The molecule has 0 fully saturated rings. The molecule has 1 amide bonds. The number of hydrogen-bond donors (Lipinski definition) is 1. The van der Waals surface area contributed by atoms with Gasteiger partial charge in [0.05, 0.1) is 12.2 Å². The number of nitrogens with zero attached hydrogens (tertiary/aromatic N) is 1. The van der Waals surface area contributed by atoms with E-state index in [4.69, 9.17) is 0 Å². The lowest BCUT2D eigenvalue weighted by atomic mass is 10.2. The Morgan fingerprint density at radius 1 is 1.16 bits per heavy atom. The summed E-state index contributed by atoms with van der Waals surface area (Å²) in [6.45, 7) is 0.553. The van der Waals surface area contributed by atoms with Gasteiger partial charge in [-0.15, -0.1) is 13.2 Å². The van der Waals surface area contributed by atoms with Gasteiger partial charge in [0, 0.05) is 11.0 Å². The highest BCUT2D eigenvalue weighted by Gasteiger charge is 2.30. The molecule has 0 saturated heterocycles. The molecule has 2 aromatic carbocycles. The van der Waals surface area contributed by atoms with E-state index in [-0.39, 0.29) is 18.2 Å². The first-order valence-electron chi connectivity index (χ1n) is 7.30. The van der Waals surface area contributed by atoms with Crippen LogP contribution in [-0.4, -0.2) is 30.8 Å². The molecule has 0 aromatic heterocycles. The first-order chi connectivity index (χ1) is 11.7. The molecule has 1 N–H and O–H groups in total. The molecule has 0 aliphatic heterocycles. The van der Waals surface area contributed by atoms with Gasteiger partial charge in [0.25, 0.3) is 0 Å². The number of ether oxygens (including phenoxy) is 1. The molecule has 0 heterocycles. The zero-order chi connectivity index (χ0) is 18.4. The van der Waals surface area contributed by atoms with Gasteiger partial charge in [0.15, 0.2) is 0 Å². The molecule has 0 radical (unpaired) electrons. The predicted octanol–water partition coefficient (Wildman–Crippen LogP) is 4.42. The number of alkyl halides is 3. The number of halogens is 4. The average Bonchev–Trinajstić information content (AvgIpc) is 2.50. The van der Waals surface area contributed by atoms with E-state index in [0.29, 0.717) is 12.2 Å². The van der Waals surface area contributed by atoms with Gasteiger partial charge >= 0.3 is 6.36 Å². The smallest absolute Gasteiger partial charge is 0.406 e. The van der Waals surface area contributed by atoms with E-state index in [2.05, 4.69) is 26.0 Å². The molecular weight excluding hydrogens is 401 g/mol. The number of amides is 1. The fourth-order valence-corrected chi connectivity index (χ4v) is 2.55. The van der Waals surface area contributed by atoms with E-state index in [1.807, 2.05) is 18.2 Å². The number of carbonyl (C=O) groups is 1. The minimum atomic E-state index is -4.71. The van der Waals surface area contributed by atoms with Crippen molar-refractivity contribution in [2.45, 2.75) is 12.9 Å². The summed E-state index contributed by atoms with van der Waals surface area (Å²) in [6.07, 6.45) is -4.71. The van der Waals surface area contributed by atoms with E-state index in [9.17, 15) is 18.0 Å². The number of rotatable bonds is 6. The second-order valence-electron chi connectivity index (χ2n) is 5.39. The Bertz CT molecular complexity index is 721. The molecule has 134 valence electrons. The van der Waals surface area contributed by atoms with E-state index in [1.165, 1.54) is 24.3 Å². The summed E-state index contributed by atoms with van der Waals surface area (Å²) >= 11 is 3.35. The third-order valence-electron chi connectivity index (χ3n) is 3.17. The molecule has 0 spiro atoms. The van der Waals surface area contributed by atoms with Crippen molar-refractivity contribution in [3.8, 4) is 5.75 Å². The molecule has 2 rings (SSSR count). The van der Waals surface area contributed by atoms with Crippen molar-refractivity contribution < 1.29 is 22.7 Å². The quantitative estimate of drug-likeness (QED) is 0.757. The fourth-order valence-electron chi connectivity index (χ4n) is 2.16. The zero-order valence-electron chi connectivity index (χ0n) is 13.3. The maximum Gasteiger partial charge on any atom is 0.573 e. The molecular formula is C17H16BrF3N2O2. The van der Waals surface area contributed by atoms with Gasteiger partial charge in [-0.3, -0.25) is 9.69 Å². The highest BCUT2D eigenvalue weighted by molar-refractivity contribution is 9.10. The number of nitrogens with one attached hydrogen (secondary N) is 1. The van der Waals surface area contributed by atoms with Crippen LogP contribution < -0.4 is 10.1 Å². The normalized spacial score (nSPS) is 11.4. The third-order valence-corrected chi connectivity index (χ3v) is 3.86. The lowest BCUT2D eigenvalue weighted by Crippen LogP contribution is -2.29. The van der Waals surface area contributed by atoms with Crippen LogP contribution in [0.15, 0.2) is 53.0 Å². The Morgan fingerprint density at radius 2 is 1.80 bits per heavy atom. The van der Waals surface area contributed by atoms with E-state index >= 15 is 0 Å². The summed E-state index contributed by atoms with van der Waals surface area (Å²) < 4.78 is 41.0. The molecule has 0 atom stereocenters. The van der Waals surface area contributed by atoms with Gasteiger partial charge < -0.3 is 10.1 Å². The van der Waals surface area contributed by atoms with Crippen LogP contribution in [0.5, 0.6) is 5.75 Å². The van der Waals surface area contributed by atoms with Gasteiger partial charge in [-0.05, 0) is 52.8 Å². The highest BCUT2D eigenvalue weighted by Crippen LogP contribution is 2.23. The molecule has 25 heavy (non-hydrogen) atoms. The number of benzene rings is 2. The Kier molecular flexibility index (Phi) is 6.44. The van der Waals surface area contributed by atoms with Crippen LogP contribution in [-0.2, 0) is 11.3 Å². The molecule has 4 nitrogen and oxygen atoms in total. The summed E-state index contributed by atoms with van der Waals surface area (Å²) in [4.78, 5) is 13.8. The predicted molar refractivity (Wildman–Crippen MR) is 92.2 cm³/mol. The van der Waals surface area contributed by atoms with Crippen LogP contribution >= 0.6 is 15.9 Å². The van der Waals surface area contributed by atoms with Gasteiger partial charge in [-0.25, -0.2) is 0 Å². The summed E-state index contributed by atoms with van der Waals surface area (Å²) in [7, 11) is 1.75. The van der Waals surface area contributed by atoms with E-state index < -0.39 is 6.36 Å². The fraction of sp³-hybridized carbons (Fsp3) is 0.235. The molecule has 0 saturated carbocycles. The van der Waals surface area contributed by atoms with E-state index in [0.717, 1.165) is 10.0 Å². The minimum absolute atomic E-state index is 0.141. The first kappa shape index (κ1) is 19.3. The van der Waals surface area contributed by atoms with Crippen molar-refractivity contribution in [3.05, 3.63) is 58.6 Å². The Balaban J connectivity index is 1.86. The second kappa shape index (κ2) is 8.35. The third kappa shape index (κ3) is 6.75. The lowest BCUT2D eigenvalue weighted by molar-refractivity contribution is -0.274. The summed E-state index contributed by atoms with van der Waals surface area (Å²) in [5.74, 6) is -0.461. The number of likely N-dealkylation sites (N-methyl/N-ethyl adjacent to an activating group) is 1. The van der Waals surface area contributed by atoms with Crippen molar-refractivity contribution >= 4 is 27.5 Å². The lowest BCUT2D eigenvalue weighted by Gasteiger charge is -2.17. The topological polar surface area (TPSA) is 41.6 Å². The minimum Gasteiger partial charge on any atom is -0.406 e. The standard InChI is InChI=1S/C17H16BrF3N2O2/c1-23(11-16(24)22-15-5-3-2-4-14(15)18)10-12-6-8-13(9-7-12)25-17(19,20)21/h2-9H,10-11H2,1H3,(H,22,24). The average molecular weight is 417 g/mol. The van der Waals surface area contributed by atoms with Crippen molar-refractivity contribution in [2.75, 3.05) is 18.9 Å². The zero-order valence-corrected chi connectivity index (χ0v) is 14.9. The van der Waals surface area contributed by atoms with Gasteiger partial charge in [-0.1, -0.05) is 24.3 Å². The maximum atomic E-state index is 12.1. The number of carbonyl (C=O) groups excluding carboxylic acids is 1. The van der Waals surface area contributed by atoms with Crippen LogP contribution in [0.4, 0.5) is 18.9 Å². The molecule has 0 aliphatic rings. The van der Waals surface area contributed by atoms with Crippen molar-refractivity contribution in [1.82, 2.24) is 4.90 Å². The van der Waals surface area contributed by atoms with Crippen LogP contribution in [0, 0.1) is 0 Å². The van der Waals surface area contributed by atoms with Gasteiger partial charge in [0.1, 0.15) is 5.75 Å². The Morgan fingerprint density at radius 3 is 2.40 bits per heavy atom. The van der Waals surface area contributed by atoms with Crippen LogP contribution in [0.1, 0.15) is 5.56 Å². The van der Waals surface area contributed by atoms with Gasteiger partial charge in [0.2, 0.25) is 5.91 Å². The summed E-state index contributed by atoms with van der Waals surface area (Å²) in [5.41, 5.74) is 1.44. The number of para-hydroxylation sites is 1. The molecule has 0 aliphatic carbocycles. The Labute approximate surface area is 151 Å². The van der Waals surface area contributed by atoms with Gasteiger partial charge in [-0.2, -0.15) is 0 Å². The van der Waals surface area contributed by atoms with Crippen molar-refractivity contribution in [3.63, 3.8) is 0 Å². The number of hydrogen-bond acceptors (Lipinski definition) is 3. The SMILES string of the molecule is CN(CC(=O)Nc1ccccc1Br)Cc1ccc(OC(F)(F)F)cc1. The monoisotopic (exact) mass is 416 g/mol. The summed E-state index contributed by atoms with van der Waals surface area (Å²) in [5, 5.41) is 2.79. The maximum absolute atomic E-state index is 12.1. The van der Waals surface area contributed by atoms with Crippen LogP contribution in [0.2, 0.25) is 0 Å². The summed E-state index contributed by atoms with van der Waals surface area (Å²) in [6, 6.07) is 12.8.